The molecule has 3 rings (SSSR count). The number of hydrogen-bond donors (Lipinski definition) is 1. The van der Waals surface area contributed by atoms with Crippen LogP contribution < -0.4 is 5.32 Å². The Morgan fingerprint density at radius 3 is 2.88 bits per heavy atom. The van der Waals surface area contributed by atoms with E-state index < -0.39 is 0 Å². The predicted octanol–water partition coefficient (Wildman–Crippen LogP) is 4.10. The molecule has 1 fully saturated rings. The van der Waals surface area contributed by atoms with Crippen molar-refractivity contribution in [2.24, 2.45) is 0 Å². The standard InChI is InChI=1S/C11H9BrN2OS2/c12-9-3-7(4-16-9)10(15)14-11-13-8(5-17-11)6-1-2-6/h3-6H,1-2H2,(H,13,14,15). The van der Waals surface area contributed by atoms with Crippen LogP contribution in [0.5, 0.6) is 0 Å². The highest BCUT2D eigenvalue weighted by atomic mass is 79.9. The predicted molar refractivity (Wildman–Crippen MR) is 74.1 cm³/mol. The van der Waals surface area contributed by atoms with E-state index in [-0.39, 0.29) is 5.91 Å². The molecule has 1 amide bonds. The van der Waals surface area contributed by atoms with Crippen LogP contribution in [0, 0.1) is 0 Å². The molecule has 1 saturated carbocycles. The highest BCUT2D eigenvalue weighted by Gasteiger charge is 2.26. The van der Waals surface area contributed by atoms with Crippen molar-refractivity contribution < 1.29 is 4.79 Å². The zero-order chi connectivity index (χ0) is 11.8. The molecule has 6 heteroatoms. The van der Waals surface area contributed by atoms with E-state index in [4.69, 9.17) is 0 Å². The van der Waals surface area contributed by atoms with Crippen LogP contribution in [0.4, 0.5) is 5.13 Å². The summed E-state index contributed by atoms with van der Waals surface area (Å²) in [6.07, 6.45) is 2.46. The first-order valence-corrected chi connectivity index (χ1v) is 7.78. The molecule has 88 valence electrons. The van der Waals surface area contributed by atoms with Crippen molar-refractivity contribution in [3.63, 3.8) is 0 Å². The molecule has 0 atom stereocenters. The molecule has 0 aromatic carbocycles. The van der Waals surface area contributed by atoms with Crippen molar-refractivity contribution >= 4 is 49.6 Å². The van der Waals surface area contributed by atoms with Gasteiger partial charge in [-0.3, -0.25) is 10.1 Å². The van der Waals surface area contributed by atoms with Gasteiger partial charge < -0.3 is 0 Å². The Bertz CT molecular complexity index is 559. The van der Waals surface area contributed by atoms with E-state index in [0.717, 1.165) is 9.48 Å². The van der Waals surface area contributed by atoms with Gasteiger partial charge >= 0.3 is 0 Å². The fourth-order valence-corrected chi connectivity index (χ4v) is 3.43. The van der Waals surface area contributed by atoms with Gasteiger partial charge in [-0.25, -0.2) is 4.98 Å². The van der Waals surface area contributed by atoms with Crippen molar-refractivity contribution in [2.75, 3.05) is 5.32 Å². The summed E-state index contributed by atoms with van der Waals surface area (Å²) < 4.78 is 0.959. The summed E-state index contributed by atoms with van der Waals surface area (Å²) in [5, 5.41) is 7.39. The van der Waals surface area contributed by atoms with Crippen molar-refractivity contribution in [3.05, 3.63) is 31.9 Å². The van der Waals surface area contributed by atoms with E-state index in [9.17, 15) is 4.79 Å². The smallest absolute Gasteiger partial charge is 0.258 e. The summed E-state index contributed by atoms with van der Waals surface area (Å²) in [6, 6.07) is 1.81. The third-order valence-corrected chi connectivity index (χ3v) is 4.85. The summed E-state index contributed by atoms with van der Waals surface area (Å²) in [4.78, 5) is 16.3. The Balaban J connectivity index is 1.71. The van der Waals surface area contributed by atoms with Crippen LogP contribution in [0.2, 0.25) is 0 Å². The quantitative estimate of drug-likeness (QED) is 0.921. The minimum Gasteiger partial charge on any atom is -0.298 e. The maximum absolute atomic E-state index is 11.9. The lowest BCUT2D eigenvalue weighted by Crippen LogP contribution is -2.10. The fourth-order valence-electron chi connectivity index (χ4n) is 1.51. The van der Waals surface area contributed by atoms with E-state index in [2.05, 4.69) is 26.2 Å². The molecule has 1 aliphatic carbocycles. The van der Waals surface area contributed by atoms with Gasteiger partial charge in [0.15, 0.2) is 5.13 Å². The van der Waals surface area contributed by atoms with Crippen LogP contribution in [0.1, 0.15) is 34.8 Å². The lowest BCUT2D eigenvalue weighted by Gasteiger charge is -1.97. The number of nitrogens with zero attached hydrogens (tertiary/aromatic N) is 1. The van der Waals surface area contributed by atoms with Crippen molar-refractivity contribution in [1.29, 1.82) is 0 Å². The molecule has 3 nitrogen and oxygen atoms in total. The van der Waals surface area contributed by atoms with Gasteiger partial charge in [0, 0.05) is 16.7 Å². The number of hydrogen-bond acceptors (Lipinski definition) is 4. The Kier molecular flexibility index (Phi) is 3.02. The van der Waals surface area contributed by atoms with Crippen LogP contribution in [-0.2, 0) is 0 Å². The molecule has 0 aliphatic heterocycles. The number of thiazole rings is 1. The normalized spacial score (nSPS) is 14.9. The molecule has 0 bridgehead atoms. The maximum atomic E-state index is 11.9. The molecule has 1 aliphatic rings. The van der Waals surface area contributed by atoms with E-state index in [1.807, 2.05) is 16.8 Å². The summed E-state index contributed by atoms with van der Waals surface area (Å²) in [5.74, 6) is 0.538. The third kappa shape index (κ3) is 2.59. The number of carbonyl (C=O) groups is 1. The van der Waals surface area contributed by atoms with Crippen LogP contribution in [0.25, 0.3) is 0 Å². The van der Waals surface area contributed by atoms with Gasteiger partial charge in [-0.2, -0.15) is 0 Å². The summed E-state index contributed by atoms with van der Waals surface area (Å²) in [7, 11) is 0. The van der Waals surface area contributed by atoms with Crippen molar-refractivity contribution in [1.82, 2.24) is 4.98 Å². The molecule has 0 spiro atoms. The number of amides is 1. The number of aromatic nitrogens is 1. The molecule has 0 unspecified atom stereocenters. The molecule has 0 radical (unpaired) electrons. The fraction of sp³-hybridized carbons (Fsp3) is 0.273. The second-order valence-electron chi connectivity index (χ2n) is 3.95. The third-order valence-electron chi connectivity index (χ3n) is 2.57. The van der Waals surface area contributed by atoms with Crippen LogP contribution in [0.15, 0.2) is 20.6 Å². The Morgan fingerprint density at radius 2 is 2.24 bits per heavy atom. The van der Waals surface area contributed by atoms with Gasteiger partial charge in [-0.1, -0.05) is 0 Å². The molecule has 2 aromatic heterocycles. The van der Waals surface area contributed by atoms with Crippen molar-refractivity contribution in [3.8, 4) is 0 Å². The Morgan fingerprint density at radius 1 is 1.41 bits per heavy atom. The molecule has 0 saturated heterocycles. The molecular formula is C11H9BrN2OS2. The van der Waals surface area contributed by atoms with E-state index in [1.165, 1.54) is 35.5 Å². The number of anilines is 1. The largest absolute Gasteiger partial charge is 0.298 e. The molecule has 1 N–H and O–H groups in total. The molecule has 2 aromatic rings. The van der Waals surface area contributed by atoms with Gasteiger partial charge in [-0.15, -0.1) is 22.7 Å². The minimum absolute atomic E-state index is 0.0938. The number of carbonyl (C=O) groups excluding carboxylic acids is 1. The highest BCUT2D eigenvalue weighted by Crippen LogP contribution is 2.40. The monoisotopic (exact) mass is 328 g/mol. The zero-order valence-electron chi connectivity index (χ0n) is 8.77. The van der Waals surface area contributed by atoms with Crippen LogP contribution >= 0.6 is 38.6 Å². The van der Waals surface area contributed by atoms with E-state index >= 15 is 0 Å². The number of rotatable bonds is 3. The molecule has 17 heavy (non-hydrogen) atoms. The van der Waals surface area contributed by atoms with Crippen molar-refractivity contribution in [2.45, 2.75) is 18.8 Å². The number of halogens is 1. The maximum Gasteiger partial charge on any atom is 0.258 e. The zero-order valence-corrected chi connectivity index (χ0v) is 12.0. The Hall–Kier alpha value is -0.720. The van der Waals surface area contributed by atoms with Gasteiger partial charge in [-0.05, 0) is 34.8 Å². The number of nitrogens with one attached hydrogen (secondary N) is 1. The first-order chi connectivity index (χ1) is 8.22. The van der Waals surface area contributed by atoms with Crippen LogP contribution in [-0.4, -0.2) is 10.9 Å². The van der Waals surface area contributed by atoms with E-state index in [1.54, 1.807) is 0 Å². The van der Waals surface area contributed by atoms with Gasteiger partial charge in [0.1, 0.15) is 0 Å². The average Bonchev–Trinajstić information content (AvgIpc) is 2.90. The summed E-state index contributed by atoms with van der Waals surface area (Å²) in [5.41, 5.74) is 1.79. The van der Waals surface area contributed by atoms with Crippen LogP contribution in [0.3, 0.4) is 0 Å². The first-order valence-electron chi connectivity index (χ1n) is 5.23. The Labute approximate surface area is 115 Å². The first kappa shape index (κ1) is 11.4. The second-order valence-corrected chi connectivity index (χ2v) is 7.09. The summed E-state index contributed by atoms with van der Waals surface area (Å²) >= 11 is 6.34. The average molecular weight is 329 g/mol. The van der Waals surface area contributed by atoms with Gasteiger partial charge in [0.05, 0.1) is 15.0 Å². The SMILES string of the molecule is O=C(Nc1nc(C2CC2)cs1)c1csc(Br)c1. The van der Waals surface area contributed by atoms with Gasteiger partial charge in [0.2, 0.25) is 0 Å². The summed E-state index contributed by atoms with van der Waals surface area (Å²) in [6.45, 7) is 0. The second kappa shape index (κ2) is 4.51. The molecular weight excluding hydrogens is 320 g/mol. The lowest BCUT2D eigenvalue weighted by atomic mass is 10.3. The molecule has 2 heterocycles. The minimum atomic E-state index is -0.0938. The topological polar surface area (TPSA) is 42.0 Å². The number of thiophene rings is 1. The van der Waals surface area contributed by atoms with Gasteiger partial charge in [0.25, 0.3) is 5.91 Å². The lowest BCUT2D eigenvalue weighted by molar-refractivity contribution is 0.102. The highest BCUT2D eigenvalue weighted by molar-refractivity contribution is 9.11. The van der Waals surface area contributed by atoms with E-state index in [0.29, 0.717) is 16.6 Å².